The Labute approximate surface area is 122 Å². The minimum absolute atomic E-state index is 0.148. The molecular formula is C15H24N2O2S. The highest BCUT2D eigenvalue weighted by molar-refractivity contribution is 7.89. The molecule has 1 aromatic rings. The maximum Gasteiger partial charge on any atom is 0.243 e. The summed E-state index contributed by atoms with van der Waals surface area (Å²) < 4.78 is 27.2. The predicted octanol–water partition coefficient (Wildman–Crippen LogP) is 2.78. The molecule has 0 amide bonds. The summed E-state index contributed by atoms with van der Waals surface area (Å²) >= 11 is 0. The molecule has 4 nitrogen and oxygen atoms in total. The third-order valence-electron chi connectivity index (χ3n) is 4.72. The quantitative estimate of drug-likeness (QED) is 0.869. The van der Waals surface area contributed by atoms with Crippen LogP contribution in [0.1, 0.15) is 38.7 Å². The normalized spacial score (nSPS) is 19.4. The second-order valence-corrected chi connectivity index (χ2v) is 7.73. The van der Waals surface area contributed by atoms with Crippen LogP contribution in [0.25, 0.3) is 0 Å². The van der Waals surface area contributed by atoms with E-state index in [2.05, 4.69) is 13.8 Å². The molecule has 1 fully saturated rings. The molecule has 0 saturated carbocycles. The van der Waals surface area contributed by atoms with Crippen molar-refractivity contribution in [3.05, 3.63) is 23.8 Å². The highest BCUT2D eigenvalue weighted by Crippen LogP contribution is 2.39. The third-order valence-corrected chi connectivity index (χ3v) is 6.73. The Kier molecular flexibility index (Phi) is 4.12. The average molecular weight is 296 g/mol. The number of sulfonamides is 1. The number of hydrogen-bond donors (Lipinski definition) is 1. The topological polar surface area (TPSA) is 63.4 Å². The number of nitrogens with zero attached hydrogens (tertiary/aromatic N) is 1. The number of rotatable bonds is 4. The minimum Gasteiger partial charge on any atom is -0.399 e. The zero-order chi connectivity index (χ0) is 15.0. The van der Waals surface area contributed by atoms with Gasteiger partial charge in [-0.2, -0.15) is 4.31 Å². The lowest BCUT2D eigenvalue weighted by molar-refractivity contribution is 0.279. The van der Waals surface area contributed by atoms with E-state index in [0.29, 0.717) is 23.7 Å². The SMILES string of the molecule is CCC1(CC)CCN(S(=O)(=O)c2ccc(N)cc2C)C1. The lowest BCUT2D eigenvalue weighted by Crippen LogP contribution is -2.32. The smallest absolute Gasteiger partial charge is 0.243 e. The second kappa shape index (κ2) is 5.37. The minimum atomic E-state index is -3.40. The number of anilines is 1. The Hall–Kier alpha value is -1.07. The van der Waals surface area contributed by atoms with E-state index in [1.54, 1.807) is 29.4 Å². The van der Waals surface area contributed by atoms with Crippen LogP contribution in [0.5, 0.6) is 0 Å². The van der Waals surface area contributed by atoms with Crippen LogP contribution in [0.4, 0.5) is 5.69 Å². The first-order chi connectivity index (χ1) is 9.34. The Balaban J connectivity index is 2.33. The van der Waals surface area contributed by atoms with Crippen molar-refractivity contribution >= 4 is 15.7 Å². The standard InChI is InChI=1S/C15H24N2O2S/c1-4-15(5-2)8-9-17(11-15)20(18,19)14-7-6-13(16)10-12(14)3/h6-7,10H,4-5,8-9,11,16H2,1-3H3. The molecular weight excluding hydrogens is 272 g/mol. The molecule has 0 spiro atoms. The highest BCUT2D eigenvalue weighted by Gasteiger charge is 2.40. The molecule has 0 unspecified atom stereocenters. The summed E-state index contributed by atoms with van der Waals surface area (Å²) in [7, 11) is -3.40. The molecule has 112 valence electrons. The van der Waals surface area contributed by atoms with Crippen molar-refractivity contribution in [2.24, 2.45) is 5.41 Å². The van der Waals surface area contributed by atoms with Gasteiger partial charge in [0, 0.05) is 18.8 Å². The van der Waals surface area contributed by atoms with Crippen LogP contribution in [0.15, 0.2) is 23.1 Å². The Morgan fingerprint density at radius 1 is 1.30 bits per heavy atom. The first-order valence-corrected chi connectivity index (χ1v) is 8.65. The van der Waals surface area contributed by atoms with Gasteiger partial charge >= 0.3 is 0 Å². The summed E-state index contributed by atoms with van der Waals surface area (Å²) in [6, 6.07) is 5.00. The van der Waals surface area contributed by atoms with Gasteiger partial charge in [-0.15, -0.1) is 0 Å². The molecule has 0 aromatic heterocycles. The van der Waals surface area contributed by atoms with Crippen LogP contribution in [-0.2, 0) is 10.0 Å². The zero-order valence-electron chi connectivity index (χ0n) is 12.5. The predicted molar refractivity (Wildman–Crippen MR) is 82.0 cm³/mol. The Bertz CT molecular complexity index is 592. The molecule has 2 rings (SSSR count). The molecule has 1 heterocycles. The van der Waals surface area contributed by atoms with Gasteiger partial charge < -0.3 is 5.73 Å². The average Bonchev–Trinajstić information content (AvgIpc) is 2.84. The molecule has 0 radical (unpaired) electrons. The molecule has 20 heavy (non-hydrogen) atoms. The fourth-order valence-electron chi connectivity index (χ4n) is 3.03. The number of nitrogen functional groups attached to an aromatic ring is 1. The van der Waals surface area contributed by atoms with Gasteiger partial charge in [-0.3, -0.25) is 0 Å². The lowest BCUT2D eigenvalue weighted by Gasteiger charge is -2.26. The molecule has 0 bridgehead atoms. The van der Waals surface area contributed by atoms with E-state index in [1.165, 1.54) is 0 Å². The van der Waals surface area contributed by atoms with Crippen LogP contribution < -0.4 is 5.73 Å². The van der Waals surface area contributed by atoms with Crippen molar-refractivity contribution in [2.75, 3.05) is 18.8 Å². The van der Waals surface area contributed by atoms with E-state index in [0.717, 1.165) is 24.8 Å². The van der Waals surface area contributed by atoms with E-state index in [-0.39, 0.29) is 5.41 Å². The van der Waals surface area contributed by atoms with Crippen molar-refractivity contribution in [1.29, 1.82) is 0 Å². The fraction of sp³-hybridized carbons (Fsp3) is 0.600. The molecule has 0 aliphatic carbocycles. The van der Waals surface area contributed by atoms with Gasteiger partial charge in [0.15, 0.2) is 0 Å². The lowest BCUT2D eigenvalue weighted by atomic mass is 9.82. The second-order valence-electron chi connectivity index (χ2n) is 5.82. The maximum absolute atomic E-state index is 12.8. The van der Waals surface area contributed by atoms with Crippen molar-refractivity contribution in [2.45, 2.75) is 44.9 Å². The van der Waals surface area contributed by atoms with Gasteiger partial charge in [-0.1, -0.05) is 13.8 Å². The third kappa shape index (κ3) is 2.56. The summed E-state index contributed by atoms with van der Waals surface area (Å²) in [4.78, 5) is 0.384. The van der Waals surface area contributed by atoms with Crippen LogP contribution in [0, 0.1) is 12.3 Å². The summed E-state index contributed by atoms with van der Waals surface area (Å²) in [6.45, 7) is 7.34. The molecule has 5 heteroatoms. The summed E-state index contributed by atoms with van der Waals surface area (Å²) in [5, 5.41) is 0. The van der Waals surface area contributed by atoms with Gasteiger partial charge in [0.1, 0.15) is 0 Å². The van der Waals surface area contributed by atoms with Gasteiger partial charge in [-0.25, -0.2) is 8.42 Å². The van der Waals surface area contributed by atoms with E-state index in [1.807, 2.05) is 0 Å². The molecule has 1 saturated heterocycles. The van der Waals surface area contributed by atoms with Crippen LogP contribution >= 0.6 is 0 Å². The van der Waals surface area contributed by atoms with Crippen LogP contribution in [0.2, 0.25) is 0 Å². The molecule has 1 aromatic carbocycles. The number of benzene rings is 1. The van der Waals surface area contributed by atoms with E-state index in [9.17, 15) is 8.42 Å². The van der Waals surface area contributed by atoms with Crippen molar-refractivity contribution < 1.29 is 8.42 Å². The number of aryl methyl sites for hydroxylation is 1. The van der Waals surface area contributed by atoms with E-state index in [4.69, 9.17) is 5.73 Å². The Morgan fingerprint density at radius 3 is 2.45 bits per heavy atom. The highest BCUT2D eigenvalue weighted by atomic mass is 32.2. The van der Waals surface area contributed by atoms with Crippen LogP contribution in [0.3, 0.4) is 0 Å². The van der Waals surface area contributed by atoms with Gasteiger partial charge in [0.05, 0.1) is 4.90 Å². The maximum atomic E-state index is 12.8. The van der Waals surface area contributed by atoms with Crippen molar-refractivity contribution in [3.8, 4) is 0 Å². The monoisotopic (exact) mass is 296 g/mol. The van der Waals surface area contributed by atoms with Gasteiger partial charge in [0.2, 0.25) is 10.0 Å². The summed E-state index contributed by atoms with van der Waals surface area (Å²) in [5.41, 5.74) is 7.16. The summed E-state index contributed by atoms with van der Waals surface area (Å²) in [6.07, 6.45) is 3.00. The molecule has 1 aliphatic rings. The zero-order valence-corrected chi connectivity index (χ0v) is 13.3. The van der Waals surface area contributed by atoms with Crippen LogP contribution in [-0.4, -0.2) is 25.8 Å². The van der Waals surface area contributed by atoms with Gasteiger partial charge in [-0.05, 0) is 55.4 Å². The number of hydrogen-bond acceptors (Lipinski definition) is 3. The molecule has 0 atom stereocenters. The largest absolute Gasteiger partial charge is 0.399 e. The molecule has 1 aliphatic heterocycles. The number of nitrogens with two attached hydrogens (primary N) is 1. The van der Waals surface area contributed by atoms with Crippen molar-refractivity contribution in [3.63, 3.8) is 0 Å². The van der Waals surface area contributed by atoms with Crippen molar-refractivity contribution in [1.82, 2.24) is 4.31 Å². The van der Waals surface area contributed by atoms with Gasteiger partial charge in [0.25, 0.3) is 0 Å². The first-order valence-electron chi connectivity index (χ1n) is 7.21. The summed E-state index contributed by atoms with van der Waals surface area (Å²) in [5.74, 6) is 0. The van der Waals surface area contributed by atoms with E-state index < -0.39 is 10.0 Å². The van der Waals surface area contributed by atoms with E-state index >= 15 is 0 Å². The fourth-order valence-corrected chi connectivity index (χ4v) is 4.79. The first kappa shape index (κ1) is 15.3. The molecule has 2 N–H and O–H groups in total. The Morgan fingerprint density at radius 2 is 1.95 bits per heavy atom.